The molecule has 1 aromatic carbocycles. The van der Waals surface area contributed by atoms with Crippen LogP contribution in [0.2, 0.25) is 0 Å². The highest BCUT2D eigenvalue weighted by Crippen LogP contribution is 2.31. The number of ether oxygens (including phenoxy) is 1. The Kier molecular flexibility index (Phi) is 9.75. The lowest BCUT2D eigenvalue weighted by Crippen LogP contribution is -2.14. The monoisotopic (exact) mass is 487 g/mol. The number of thiazole rings is 1. The fourth-order valence-electron chi connectivity index (χ4n) is 3.57. The van der Waals surface area contributed by atoms with Crippen molar-refractivity contribution in [3.63, 3.8) is 0 Å². The minimum atomic E-state index is -0.0956. The molecule has 33 heavy (non-hydrogen) atoms. The molecule has 0 radical (unpaired) electrons. The first-order chi connectivity index (χ1) is 16.0. The molecule has 9 heteroatoms. The standard InChI is InChI=1S/C24H33N5O2S2/c1-5-7-8-9-10-11-20-27-28-24(29(20)6-2)32-16-21(30)25-23-26-22(17(3)33-23)18-12-14-19(31-4)15-13-18/h12-15H,5-11,16H2,1-4H3,(H,25,26,30). The van der Waals surface area contributed by atoms with Crippen LogP contribution in [0, 0.1) is 6.92 Å². The van der Waals surface area contributed by atoms with Crippen molar-refractivity contribution in [1.29, 1.82) is 0 Å². The number of hydrogen-bond donors (Lipinski definition) is 1. The second-order valence-corrected chi connectivity index (χ2v) is 9.94. The molecule has 3 aromatic rings. The fourth-order valence-corrected chi connectivity index (χ4v) is 5.24. The average Bonchev–Trinajstić information content (AvgIpc) is 3.39. The van der Waals surface area contributed by atoms with E-state index in [4.69, 9.17) is 4.74 Å². The third-order valence-corrected chi connectivity index (χ3v) is 7.21. The zero-order valence-corrected chi connectivity index (χ0v) is 21.5. The van der Waals surface area contributed by atoms with E-state index in [9.17, 15) is 4.79 Å². The number of carbonyl (C=O) groups is 1. The summed E-state index contributed by atoms with van der Waals surface area (Å²) in [6.45, 7) is 7.13. The van der Waals surface area contributed by atoms with Gasteiger partial charge in [0, 0.05) is 23.4 Å². The Morgan fingerprint density at radius 1 is 1.12 bits per heavy atom. The highest BCUT2D eigenvalue weighted by Gasteiger charge is 2.15. The van der Waals surface area contributed by atoms with Gasteiger partial charge >= 0.3 is 0 Å². The molecule has 0 unspecified atom stereocenters. The van der Waals surface area contributed by atoms with E-state index in [1.54, 1.807) is 7.11 Å². The Hall–Kier alpha value is -2.39. The van der Waals surface area contributed by atoms with E-state index in [-0.39, 0.29) is 11.7 Å². The number of benzene rings is 1. The Balaban J connectivity index is 1.54. The van der Waals surface area contributed by atoms with Crippen molar-refractivity contribution in [2.75, 3.05) is 18.2 Å². The van der Waals surface area contributed by atoms with E-state index < -0.39 is 0 Å². The molecular weight excluding hydrogens is 454 g/mol. The number of thioether (sulfide) groups is 1. The number of amides is 1. The molecule has 3 rings (SSSR count). The van der Waals surface area contributed by atoms with Crippen LogP contribution in [-0.4, -0.2) is 38.5 Å². The molecule has 2 heterocycles. The van der Waals surface area contributed by atoms with Crippen LogP contribution in [0.3, 0.4) is 0 Å². The Morgan fingerprint density at radius 2 is 1.88 bits per heavy atom. The van der Waals surface area contributed by atoms with Gasteiger partial charge in [0.1, 0.15) is 11.6 Å². The lowest BCUT2D eigenvalue weighted by molar-refractivity contribution is -0.113. The van der Waals surface area contributed by atoms with Crippen molar-refractivity contribution in [1.82, 2.24) is 19.7 Å². The lowest BCUT2D eigenvalue weighted by Gasteiger charge is -2.07. The van der Waals surface area contributed by atoms with Crippen molar-refractivity contribution >= 4 is 34.1 Å². The molecule has 1 N–H and O–H groups in total. The molecule has 178 valence electrons. The normalized spacial score (nSPS) is 11.0. The predicted molar refractivity (Wildman–Crippen MR) is 136 cm³/mol. The number of unbranched alkanes of at least 4 members (excludes halogenated alkanes) is 4. The van der Waals surface area contributed by atoms with E-state index in [1.165, 1.54) is 48.8 Å². The molecule has 2 aromatic heterocycles. The molecule has 0 saturated carbocycles. The third kappa shape index (κ3) is 7.04. The summed E-state index contributed by atoms with van der Waals surface area (Å²) < 4.78 is 7.34. The van der Waals surface area contributed by atoms with Gasteiger partial charge in [-0.05, 0) is 44.5 Å². The van der Waals surface area contributed by atoms with Crippen LogP contribution in [0.15, 0.2) is 29.4 Å². The molecule has 0 aliphatic rings. The van der Waals surface area contributed by atoms with Gasteiger partial charge in [0.25, 0.3) is 0 Å². The largest absolute Gasteiger partial charge is 0.497 e. The Labute approximate surface area is 204 Å². The van der Waals surface area contributed by atoms with E-state index >= 15 is 0 Å². The summed E-state index contributed by atoms with van der Waals surface area (Å²) in [6.07, 6.45) is 7.09. The highest BCUT2D eigenvalue weighted by atomic mass is 32.2. The maximum Gasteiger partial charge on any atom is 0.236 e. The van der Waals surface area contributed by atoms with Crippen LogP contribution in [0.4, 0.5) is 5.13 Å². The number of hydrogen-bond acceptors (Lipinski definition) is 7. The van der Waals surface area contributed by atoms with Gasteiger partial charge in [0.05, 0.1) is 18.6 Å². The second-order valence-electron chi connectivity index (χ2n) is 7.80. The molecule has 7 nitrogen and oxygen atoms in total. The number of nitrogens with one attached hydrogen (secondary N) is 1. The molecule has 0 spiro atoms. The number of nitrogens with zero attached hydrogens (tertiary/aromatic N) is 4. The molecule has 0 aliphatic heterocycles. The molecule has 0 aliphatic carbocycles. The topological polar surface area (TPSA) is 81.9 Å². The van der Waals surface area contributed by atoms with E-state index in [1.807, 2.05) is 31.2 Å². The summed E-state index contributed by atoms with van der Waals surface area (Å²) in [4.78, 5) is 18.2. The van der Waals surface area contributed by atoms with E-state index in [0.717, 1.165) is 52.3 Å². The van der Waals surface area contributed by atoms with E-state index in [0.29, 0.717) is 5.13 Å². The van der Waals surface area contributed by atoms with Crippen LogP contribution < -0.4 is 10.1 Å². The third-order valence-electron chi connectivity index (χ3n) is 5.35. The summed E-state index contributed by atoms with van der Waals surface area (Å²) in [5, 5.41) is 13.0. The maximum atomic E-state index is 12.6. The molecule has 0 saturated heterocycles. The molecular formula is C24H33N5O2S2. The smallest absolute Gasteiger partial charge is 0.236 e. The quantitative estimate of drug-likeness (QED) is 0.236. The van der Waals surface area contributed by atoms with Crippen LogP contribution in [0.1, 0.15) is 56.7 Å². The van der Waals surface area contributed by atoms with Gasteiger partial charge in [-0.25, -0.2) is 4.98 Å². The van der Waals surface area contributed by atoms with Crippen LogP contribution in [-0.2, 0) is 17.8 Å². The summed E-state index contributed by atoms with van der Waals surface area (Å²) in [6, 6.07) is 7.77. The molecule has 0 bridgehead atoms. The SMILES string of the molecule is CCCCCCCc1nnc(SCC(=O)Nc2nc(-c3ccc(OC)cc3)c(C)s2)n1CC. The minimum absolute atomic E-state index is 0.0956. The first-order valence-electron chi connectivity index (χ1n) is 11.5. The predicted octanol–water partition coefficient (Wildman–Crippen LogP) is 5.98. The van der Waals surface area contributed by atoms with Crippen molar-refractivity contribution in [3.8, 4) is 17.0 Å². The molecule has 0 fully saturated rings. The van der Waals surface area contributed by atoms with Crippen LogP contribution in [0.25, 0.3) is 11.3 Å². The van der Waals surface area contributed by atoms with Crippen molar-refractivity contribution in [2.24, 2.45) is 0 Å². The minimum Gasteiger partial charge on any atom is -0.497 e. The summed E-state index contributed by atoms with van der Waals surface area (Å²) >= 11 is 2.90. The van der Waals surface area contributed by atoms with Crippen LogP contribution >= 0.6 is 23.1 Å². The van der Waals surface area contributed by atoms with Gasteiger partial charge < -0.3 is 14.6 Å². The summed E-state index contributed by atoms with van der Waals surface area (Å²) in [7, 11) is 1.65. The first-order valence-corrected chi connectivity index (χ1v) is 13.3. The number of aromatic nitrogens is 4. The van der Waals surface area contributed by atoms with Gasteiger partial charge in [-0.3, -0.25) is 4.79 Å². The number of carbonyl (C=O) groups excluding carboxylic acids is 1. The van der Waals surface area contributed by atoms with Gasteiger partial charge in [-0.15, -0.1) is 21.5 Å². The van der Waals surface area contributed by atoms with Crippen molar-refractivity contribution < 1.29 is 9.53 Å². The van der Waals surface area contributed by atoms with Gasteiger partial charge in [-0.1, -0.05) is 44.4 Å². The fraction of sp³-hybridized carbons (Fsp3) is 0.500. The molecule has 1 amide bonds. The van der Waals surface area contributed by atoms with Crippen LogP contribution in [0.5, 0.6) is 5.75 Å². The highest BCUT2D eigenvalue weighted by molar-refractivity contribution is 7.99. The number of rotatable bonds is 13. The van der Waals surface area contributed by atoms with Gasteiger partial charge in [0.2, 0.25) is 5.91 Å². The Morgan fingerprint density at radius 3 is 2.58 bits per heavy atom. The number of aryl methyl sites for hydroxylation is 2. The van der Waals surface area contributed by atoms with E-state index in [2.05, 4.69) is 38.9 Å². The first kappa shape index (κ1) is 25.2. The lowest BCUT2D eigenvalue weighted by atomic mass is 10.1. The summed E-state index contributed by atoms with van der Waals surface area (Å²) in [5.74, 6) is 1.99. The van der Waals surface area contributed by atoms with Gasteiger partial charge in [-0.2, -0.15) is 0 Å². The number of methoxy groups -OCH3 is 1. The average molecular weight is 488 g/mol. The summed E-state index contributed by atoms with van der Waals surface area (Å²) in [5.41, 5.74) is 1.87. The maximum absolute atomic E-state index is 12.6. The Bertz CT molecular complexity index is 1030. The van der Waals surface area contributed by atoms with Crippen molar-refractivity contribution in [2.45, 2.75) is 71.0 Å². The number of anilines is 1. The zero-order chi connectivity index (χ0) is 23.6. The van der Waals surface area contributed by atoms with Gasteiger partial charge in [0.15, 0.2) is 10.3 Å². The molecule has 0 atom stereocenters. The zero-order valence-electron chi connectivity index (χ0n) is 19.9. The second kappa shape index (κ2) is 12.7. The van der Waals surface area contributed by atoms with Crippen molar-refractivity contribution in [3.05, 3.63) is 35.0 Å².